The van der Waals surface area contributed by atoms with E-state index in [2.05, 4.69) is 5.32 Å². The first-order chi connectivity index (χ1) is 13.8. The molecule has 0 saturated carbocycles. The molecule has 0 fully saturated rings. The van der Waals surface area contributed by atoms with Gasteiger partial charge in [-0.15, -0.1) is 0 Å². The summed E-state index contributed by atoms with van der Waals surface area (Å²) in [7, 11) is 1.54. The lowest BCUT2D eigenvalue weighted by molar-refractivity contribution is -0.124. The fourth-order valence-electron chi connectivity index (χ4n) is 3.19. The van der Waals surface area contributed by atoms with Crippen molar-refractivity contribution in [1.82, 2.24) is 14.5 Å². The highest BCUT2D eigenvalue weighted by molar-refractivity contribution is 5.84. The average Bonchev–Trinajstić information content (AvgIpc) is 2.72. The largest absolute Gasteiger partial charge is 0.497 e. The summed E-state index contributed by atoms with van der Waals surface area (Å²) >= 11 is 0. The molecule has 0 spiro atoms. The zero-order valence-electron chi connectivity index (χ0n) is 17.0. The standard InChI is InChI=1S/C22H25N3O4/c1-14(2)13-23-20(26)15(3)24-19-8-6-5-7-18(19)21(27)25(22(24)28)16-9-11-17(29-4)12-10-16/h5-12,14-15H,13H2,1-4H3,(H,23,26). The third-order valence-corrected chi connectivity index (χ3v) is 4.78. The van der Waals surface area contributed by atoms with E-state index in [-0.39, 0.29) is 11.8 Å². The second-order valence-corrected chi connectivity index (χ2v) is 7.32. The van der Waals surface area contributed by atoms with Gasteiger partial charge in [0, 0.05) is 6.54 Å². The number of benzene rings is 2. The number of hydrogen-bond donors (Lipinski definition) is 1. The van der Waals surface area contributed by atoms with Crippen molar-refractivity contribution in [3.8, 4) is 11.4 Å². The Labute approximate surface area is 168 Å². The summed E-state index contributed by atoms with van der Waals surface area (Å²) in [4.78, 5) is 39.1. The molecule has 0 aliphatic carbocycles. The molecule has 7 nitrogen and oxygen atoms in total. The molecule has 0 radical (unpaired) electrons. The van der Waals surface area contributed by atoms with Crippen LogP contribution in [0.4, 0.5) is 0 Å². The maximum absolute atomic E-state index is 13.4. The molecule has 1 heterocycles. The van der Waals surface area contributed by atoms with Gasteiger partial charge >= 0.3 is 5.69 Å². The van der Waals surface area contributed by atoms with Gasteiger partial charge in [0.25, 0.3) is 5.56 Å². The lowest BCUT2D eigenvalue weighted by Crippen LogP contribution is -2.44. The highest BCUT2D eigenvalue weighted by atomic mass is 16.5. The first kappa shape index (κ1) is 20.4. The summed E-state index contributed by atoms with van der Waals surface area (Å²) in [5.74, 6) is 0.628. The van der Waals surface area contributed by atoms with Crippen molar-refractivity contribution in [1.29, 1.82) is 0 Å². The van der Waals surface area contributed by atoms with Crippen molar-refractivity contribution in [2.24, 2.45) is 5.92 Å². The minimum absolute atomic E-state index is 0.272. The molecule has 1 amide bonds. The molecular formula is C22H25N3O4. The van der Waals surface area contributed by atoms with Crippen molar-refractivity contribution >= 4 is 16.8 Å². The Balaban J connectivity index is 2.22. The summed E-state index contributed by atoms with van der Waals surface area (Å²) < 4.78 is 7.61. The Bertz CT molecular complexity index is 1140. The number of nitrogens with zero attached hydrogens (tertiary/aromatic N) is 2. The normalized spacial score (nSPS) is 12.2. The Morgan fingerprint density at radius 3 is 2.31 bits per heavy atom. The van der Waals surface area contributed by atoms with E-state index < -0.39 is 17.3 Å². The van der Waals surface area contributed by atoms with Crippen LogP contribution in [0, 0.1) is 5.92 Å². The van der Waals surface area contributed by atoms with Gasteiger partial charge in [0.1, 0.15) is 11.8 Å². The second-order valence-electron chi connectivity index (χ2n) is 7.32. The molecule has 0 saturated heterocycles. The molecule has 1 atom stereocenters. The SMILES string of the molecule is COc1ccc(-n2c(=O)c3ccccc3n(C(C)C(=O)NCC(C)C)c2=O)cc1. The van der Waals surface area contributed by atoms with Crippen LogP contribution in [-0.2, 0) is 4.79 Å². The van der Waals surface area contributed by atoms with Crippen molar-refractivity contribution < 1.29 is 9.53 Å². The van der Waals surface area contributed by atoms with Gasteiger partial charge in [-0.2, -0.15) is 0 Å². The van der Waals surface area contributed by atoms with Crippen LogP contribution in [0.5, 0.6) is 5.75 Å². The van der Waals surface area contributed by atoms with Crippen LogP contribution in [-0.4, -0.2) is 28.7 Å². The highest BCUT2D eigenvalue weighted by Crippen LogP contribution is 2.17. The van der Waals surface area contributed by atoms with Gasteiger partial charge in [0.15, 0.2) is 0 Å². The number of carbonyl (C=O) groups is 1. The number of methoxy groups -OCH3 is 1. The smallest absolute Gasteiger partial charge is 0.336 e. The van der Waals surface area contributed by atoms with Crippen LogP contribution in [0.15, 0.2) is 58.1 Å². The lowest BCUT2D eigenvalue weighted by Gasteiger charge is -2.20. The minimum atomic E-state index is -0.781. The Morgan fingerprint density at radius 1 is 1.03 bits per heavy atom. The maximum atomic E-state index is 13.4. The molecule has 3 aromatic rings. The van der Waals surface area contributed by atoms with Crippen molar-refractivity contribution in [3.63, 3.8) is 0 Å². The van der Waals surface area contributed by atoms with E-state index in [9.17, 15) is 14.4 Å². The van der Waals surface area contributed by atoms with E-state index in [1.807, 2.05) is 13.8 Å². The topological polar surface area (TPSA) is 82.3 Å². The molecule has 1 unspecified atom stereocenters. The van der Waals surface area contributed by atoms with E-state index in [0.717, 1.165) is 4.57 Å². The quantitative estimate of drug-likeness (QED) is 0.695. The summed E-state index contributed by atoms with van der Waals surface area (Å²) in [5, 5.41) is 3.23. The van der Waals surface area contributed by atoms with Crippen molar-refractivity contribution in [2.45, 2.75) is 26.8 Å². The fourth-order valence-corrected chi connectivity index (χ4v) is 3.19. The minimum Gasteiger partial charge on any atom is -0.497 e. The highest BCUT2D eigenvalue weighted by Gasteiger charge is 2.22. The predicted molar refractivity (Wildman–Crippen MR) is 113 cm³/mol. The van der Waals surface area contributed by atoms with Crippen molar-refractivity contribution in [3.05, 3.63) is 69.4 Å². The molecule has 0 bridgehead atoms. The number of nitrogens with one attached hydrogen (secondary N) is 1. The average molecular weight is 395 g/mol. The van der Waals surface area contributed by atoms with E-state index in [0.29, 0.717) is 28.9 Å². The Morgan fingerprint density at radius 2 is 1.69 bits per heavy atom. The first-order valence-corrected chi connectivity index (χ1v) is 9.53. The number of amides is 1. The van der Waals surface area contributed by atoms with E-state index in [4.69, 9.17) is 4.74 Å². The van der Waals surface area contributed by atoms with Crippen LogP contribution < -0.4 is 21.3 Å². The summed E-state index contributed by atoms with van der Waals surface area (Å²) in [6.45, 7) is 6.16. The summed E-state index contributed by atoms with van der Waals surface area (Å²) in [6, 6.07) is 12.7. The molecule has 2 aromatic carbocycles. The number of ether oxygens (including phenoxy) is 1. The van der Waals surface area contributed by atoms with E-state index >= 15 is 0 Å². The summed E-state index contributed by atoms with van der Waals surface area (Å²) in [5.41, 5.74) is -0.151. The summed E-state index contributed by atoms with van der Waals surface area (Å²) in [6.07, 6.45) is 0. The van der Waals surface area contributed by atoms with Crippen molar-refractivity contribution in [2.75, 3.05) is 13.7 Å². The van der Waals surface area contributed by atoms with Gasteiger partial charge in [0.2, 0.25) is 5.91 Å². The van der Waals surface area contributed by atoms with Crippen LogP contribution >= 0.6 is 0 Å². The van der Waals surface area contributed by atoms with Crippen LogP contribution in [0.1, 0.15) is 26.8 Å². The number of aromatic nitrogens is 2. The first-order valence-electron chi connectivity index (χ1n) is 9.53. The Hall–Kier alpha value is -3.35. The molecular weight excluding hydrogens is 370 g/mol. The zero-order chi connectivity index (χ0) is 21.1. The van der Waals surface area contributed by atoms with Gasteiger partial charge in [0.05, 0.1) is 23.7 Å². The van der Waals surface area contributed by atoms with Gasteiger partial charge in [-0.1, -0.05) is 26.0 Å². The monoisotopic (exact) mass is 395 g/mol. The number of para-hydroxylation sites is 1. The number of hydrogen-bond acceptors (Lipinski definition) is 4. The van der Waals surface area contributed by atoms with Gasteiger partial charge in [-0.25, -0.2) is 9.36 Å². The van der Waals surface area contributed by atoms with Crippen LogP contribution in [0.25, 0.3) is 16.6 Å². The second kappa shape index (κ2) is 8.34. The van der Waals surface area contributed by atoms with Gasteiger partial charge < -0.3 is 10.1 Å². The number of carbonyl (C=O) groups excluding carboxylic acids is 1. The van der Waals surface area contributed by atoms with Gasteiger partial charge in [-0.3, -0.25) is 14.2 Å². The zero-order valence-corrected chi connectivity index (χ0v) is 17.0. The third kappa shape index (κ3) is 3.94. The molecule has 152 valence electrons. The molecule has 7 heteroatoms. The molecule has 3 rings (SSSR count). The van der Waals surface area contributed by atoms with Crippen LogP contribution in [0.2, 0.25) is 0 Å². The molecule has 1 N–H and O–H groups in total. The molecule has 29 heavy (non-hydrogen) atoms. The fraction of sp³-hybridized carbons (Fsp3) is 0.318. The molecule has 0 aliphatic heterocycles. The Kier molecular flexibility index (Phi) is 5.87. The van der Waals surface area contributed by atoms with E-state index in [1.54, 1.807) is 62.6 Å². The van der Waals surface area contributed by atoms with Gasteiger partial charge in [-0.05, 0) is 49.2 Å². The maximum Gasteiger partial charge on any atom is 0.336 e. The van der Waals surface area contributed by atoms with E-state index in [1.165, 1.54) is 4.57 Å². The third-order valence-electron chi connectivity index (χ3n) is 4.78. The lowest BCUT2D eigenvalue weighted by atomic mass is 10.2. The number of rotatable bonds is 6. The molecule has 1 aromatic heterocycles. The molecule has 0 aliphatic rings. The predicted octanol–water partition coefficient (Wildman–Crippen LogP) is 2.49. The van der Waals surface area contributed by atoms with Crippen LogP contribution in [0.3, 0.4) is 0 Å². The number of fused-ring (bicyclic) bond motifs is 1.